The highest BCUT2D eigenvalue weighted by atomic mass is 16.3. The Kier molecular flexibility index (Phi) is 4.37. The summed E-state index contributed by atoms with van der Waals surface area (Å²) in [6.45, 7) is 0. The van der Waals surface area contributed by atoms with E-state index in [0.717, 1.165) is 24.8 Å². The molecule has 2 N–H and O–H groups in total. The van der Waals surface area contributed by atoms with Crippen LogP contribution in [0.1, 0.15) is 30.1 Å². The molecule has 2 aromatic rings. The molecule has 94 valence electrons. The monoisotopic (exact) mass is 242 g/mol. The molecule has 1 atom stereocenters. The molecule has 0 aliphatic heterocycles. The minimum Gasteiger partial charge on any atom is -0.508 e. The fourth-order valence-electron chi connectivity index (χ4n) is 2.01. The van der Waals surface area contributed by atoms with Crippen LogP contribution < -0.4 is 0 Å². The van der Waals surface area contributed by atoms with E-state index in [1.165, 1.54) is 5.56 Å². The van der Waals surface area contributed by atoms with Crippen LogP contribution in [0.25, 0.3) is 0 Å². The van der Waals surface area contributed by atoms with Gasteiger partial charge >= 0.3 is 0 Å². The first-order valence-electron chi connectivity index (χ1n) is 6.26. The van der Waals surface area contributed by atoms with E-state index in [4.69, 9.17) is 0 Å². The lowest BCUT2D eigenvalue weighted by Crippen LogP contribution is -1.98. The van der Waals surface area contributed by atoms with Gasteiger partial charge in [0.1, 0.15) is 5.75 Å². The van der Waals surface area contributed by atoms with E-state index in [9.17, 15) is 10.2 Å². The van der Waals surface area contributed by atoms with Gasteiger partial charge in [0.25, 0.3) is 0 Å². The van der Waals surface area contributed by atoms with Crippen molar-refractivity contribution >= 4 is 0 Å². The van der Waals surface area contributed by atoms with Crippen molar-refractivity contribution in [3.05, 3.63) is 65.7 Å². The van der Waals surface area contributed by atoms with Crippen molar-refractivity contribution < 1.29 is 10.2 Å². The fraction of sp³-hybridized carbons (Fsp3) is 0.250. The van der Waals surface area contributed by atoms with Gasteiger partial charge in [-0.2, -0.15) is 0 Å². The maximum atomic E-state index is 10.0. The highest BCUT2D eigenvalue weighted by molar-refractivity contribution is 5.27. The number of phenols is 1. The van der Waals surface area contributed by atoms with E-state index >= 15 is 0 Å². The van der Waals surface area contributed by atoms with Crippen molar-refractivity contribution in [1.82, 2.24) is 0 Å². The van der Waals surface area contributed by atoms with Crippen molar-refractivity contribution in [1.29, 1.82) is 0 Å². The number of aliphatic hydroxyl groups is 1. The molecule has 0 aromatic heterocycles. The number of aliphatic hydroxyl groups excluding tert-OH is 1. The summed E-state index contributed by atoms with van der Waals surface area (Å²) in [5, 5.41) is 19.2. The lowest BCUT2D eigenvalue weighted by Gasteiger charge is -2.10. The predicted molar refractivity (Wildman–Crippen MR) is 72.4 cm³/mol. The topological polar surface area (TPSA) is 40.5 Å². The lowest BCUT2D eigenvalue weighted by atomic mass is 10.0. The van der Waals surface area contributed by atoms with Gasteiger partial charge in [0.2, 0.25) is 0 Å². The Labute approximate surface area is 108 Å². The number of benzene rings is 2. The Morgan fingerprint density at radius 2 is 1.56 bits per heavy atom. The molecule has 0 radical (unpaired) electrons. The first-order valence-corrected chi connectivity index (χ1v) is 6.26. The second-order valence-electron chi connectivity index (χ2n) is 4.49. The van der Waals surface area contributed by atoms with Crippen molar-refractivity contribution in [2.75, 3.05) is 0 Å². The first kappa shape index (κ1) is 12.7. The molecule has 2 aromatic carbocycles. The molecule has 0 bridgehead atoms. The Morgan fingerprint density at radius 3 is 2.22 bits per heavy atom. The standard InChI is InChI=1S/C16H18O2/c17-15-11-9-14(10-12-15)16(18)8-4-7-13-5-2-1-3-6-13/h1-3,5-6,9-12,16-18H,4,7-8H2. The predicted octanol–water partition coefficient (Wildman–Crippen LogP) is 3.45. The van der Waals surface area contributed by atoms with Crippen LogP contribution in [0.5, 0.6) is 5.75 Å². The minimum absolute atomic E-state index is 0.232. The SMILES string of the molecule is Oc1ccc(C(O)CCCc2ccccc2)cc1. The summed E-state index contributed by atoms with van der Waals surface area (Å²) in [7, 11) is 0. The molecule has 1 unspecified atom stereocenters. The molecule has 0 heterocycles. The van der Waals surface area contributed by atoms with Gasteiger partial charge in [-0.25, -0.2) is 0 Å². The van der Waals surface area contributed by atoms with Gasteiger partial charge in [0, 0.05) is 0 Å². The normalized spacial score (nSPS) is 12.3. The summed E-state index contributed by atoms with van der Waals surface area (Å²) < 4.78 is 0. The zero-order chi connectivity index (χ0) is 12.8. The van der Waals surface area contributed by atoms with Crippen LogP contribution in [0.2, 0.25) is 0 Å². The number of aromatic hydroxyl groups is 1. The van der Waals surface area contributed by atoms with E-state index in [0.29, 0.717) is 0 Å². The van der Waals surface area contributed by atoms with Gasteiger partial charge in [-0.05, 0) is 42.5 Å². The highest BCUT2D eigenvalue weighted by Gasteiger charge is 2.07. The molecule has 2 nitrogen and oxygen atoms in total. The number of hydrogen-bond donors (Lipinski definition) is 2. The maximum absolute atomic E-state index is 10.0. The third-order valence-electron chi connectivity index (χ3n) is 3.06. The minimum atomic E-state index is -0.450. The number of phenolic OH excluding ortho intramolecular Hbond substituents is 1. The van der Waals surface area contributed by atoms with E-state index in [1.54, 1.807) is 24.3 Å². The zero-order valence-electron chi connectivity index (χ0n) is 10.3. The summed E-state index contributed by atoms with van der Waals surface area (Å²) in [5.74, 6) is 0.232. The average Bonchev–Trinajstić information content (AvgIpc) is 2.40. The number of rotatable bonds is 5. The van der Waals surface area contributed by atoms with Gasteiger partial charge in [-0.3, -0.25) is 0 Å². The number of hydrogen-bond acceptors (Lipinski definition) is 2. The molecule has 0 amide bonds. The smallest absolute Gasteiger partial charge is 0.115 e. The molecular weight excluding hydrogens is 224 g/mol. The summed E-state index contributed by atoms with van der Waals surface area (Å²) in [4.78, 5) is 0. The van der Waals surface area contributed by atoms with E-state index in [-0.39, 0.29) is 5.75 Å². The molecule has 0 fully saturated rings. The number of aryl methyl sites for hydroxylation is 1. The van der Waals surface area contributed by atoms with Crippen LogP contribution in [-0.4, -0.2) is 10.2 Å². The molecular formula is C16H18O2. The van der Waals surface area contributed by atoms with Gasteiger partial charge < -0.3 is 10.2 Å². The fourth-order valence-corrected chi connectivity index (χ4v) is 2.01. The zero-order valence-corrected chi connectivity index (χ0v) is 10.3. The van der Waals surface area contributed by atoms with E-state index < -0.39 is 6.10 Å². The Balaban J connectivity index is 1.81. The van der Waals surface area contributed by atoms with Crippen LogP contribution >= 0.6 is 0 Å². The summed E-state index contributed by atoms with van der Waals surface area (Å²) in [6.07, 6.45) is 2.22. The van der Waals surface area contributed by atoms with Gasteiger partial charge in [-0.15, -0.1) is 0 Å². The summed E-state index contributed by atoms with van der Waals surface area (Å²) >= 11 is 0. The van der Waals surface area contributed by atoms with Crippen molar-refractivity contribution in [3.63, 3.8) is 0 Å². The van der Waals surface area contributed by atoms with E-state index in [1.807, 2.05) is 18.2 Å². The highest BCUT2D eigenvalue weighted by Crippen LogP contribution is 2.21. The molecule has 0 spiro atoms. The average molecular weight is 242 g/mol. The molecule has 0 saturated heterocycles. The molecule has 2 rings (SSSR count). The van der Waals surface area contributed by atoms with Gasteiger partial charge in [0.05, 0.1) is 6.10 Å². The molecule has 0 aliphatic carbocycles. The molecule has 18 heavy (non-hydrogen) atoms. The largest absolute Gasteiger partial charge is 0.508 e. The first-order chi connectivity index (χ1) is 8.75. The lowest BCUT2D eigenvalue weighted by molar-refractivity contribution is 0.164. The van der Waals surface area contributed by atoms with Crippen LogP contribution in [0.4, 0.5) is 0 Å². The Morgan fingerprint density at radius 1 is 0.889 bits per heavy atom. The molecule has 0 saturated carbocycles. The summed E-state index contributed by atoms with van der Waals surface area (Å²) in [6, 6.07) is 17.0. The van der Waals surface area contributed by atoms with Crippen molar-refractivity contribution in [3.8, 4) is 5.75 Å². The summed E-state index contributed by atoms with van der Waals surface area (Å²) in [5.41, 5.74) is 2.16. The Hall–Kier alpha value is -1.80. The van der Waals surface area contributed by atoms with Crippen molar-refractivity contribution in [2.24, 2.45) is 0 Å². The maximum Gasteiger partial charge on any atom is 0.115 e. The van der Waals surface area contributed by atoms with Crippen LogP contribution in [0.15, 0.2) is 54.6 Å². The van der Waals surface area contributed by atoms with Crippen molar-refractivity contribution in [2.45, 2.75) is 25.4 Å². The van der Waals surface area contributed by atoms with Gasteiger partial charge in [-0.1, -0.05) is 42.5 Å². The van der Waals surface area contributed by atoms with E-state index in [2.05, 4.69) is 12.1 Å². The molecule has 0 aliphatic rings. The quantitative estimate of drug-likeness (QED) is 0.843. The third-order valence-corrected chi connectivity index (χ3v) is 3.06. The second-order valence-corrected chi connectivity index (χ2v) is 4.49. The Bertz CT molecular complexity index is 462. The second kappa shape index (κ2) is 6.22. The molecule has 2 heteroatoms. The third kappa shape index (κ3) is 3.60. The van der Waals surface area contributed by atoms with Gasteiger partial charge in [0.15, 0.2) is 0 Å². The van der Waals surface area contributed by atoms with Crippen LogP contribution in [-0.2, 0) is 6.42 Å². The van der Waals surface area contributed by atoms with Crippen LogP contribution in [0, 0.1) is 0 Å². The van der Waals surface area contributed by atoms with Crippen LogP contribution in [0.3, 0.4) is 0 Å².